The zero-order chi connectivity index (χ0) is 22.2. The highest BCUT2D eigenvalue weighted by atomic mass is 32.2. The number of halogens is 9. The van der Waals surface area contributed by atoms with E-state index in [4.69, 9.17) is 4.55 Å². The van der Waals surface area contributed by atoms with Crippen molar-refractivity contribution in [3.05, 3.63) is 24.3 Å². The van der Waals surface area contributed by atoms with Crippen LogP contribution in [0, 0.1) is 5.41 Å². The lowest BCUT2D eigenvalue weighted by Crippen LogP contribution is -2.60. The van der Waals surface area contributed by atoms with Crippen LogP contribution in [0.2, 0.25) is 0 Å². The second-order valence-electron chi connectivity index (χ2n) is 6.76. The van der Waals surface area contributed by atoms with Gasteiger partial charge < -0.3 is 0 Å². The van der Waals surface area contributed by atoms with E-state index in [1.165, 1.54) is 19.1 Å². The number of alkyl halides is 9. The van der Waals surface area contributed by atoms with Gasteiger partial charge in [-0.05, 0) is 12.8 Å². The molecule has 0 aliphatic heterocycles. The molecule has 0 saturated heterocycles. The normalized spacial score (nSPS) is 24.6. The van der Waals surface area contributed by atoms with E-state index in [1.54, 1.807) is 0 Å². The van der Waals surface area contributed by atoms with Crippen molar-refractivity contribution in [3.8, 4) is 0 Å². The SMILES string of the molecule is CC1(CCCCC(F)(F)C(F)(F)C(F)(F)C(F)(F)F)C=CC(S(=O)(=O)O)C=C1. The summed E-state index contributed by atoms with van der Waals surface area (Å²) in [6.45, 7) is 1.52. The molecule has 0 aromatic rings. The summed E-state index contributed by atoms with van der Waals surface area (Å²) < 4.78 is 146. The van der Waals surface area contributed by atoms with E-state index in [9.17, 15) is 47.9 Å². The van der Waals surface area contributed by atoms with Crippen molar-refractivity contribution < 1.29 is 52.5 Å². The summed E-state index contributed by atoms with van der Waals surface area (Å²) in [4.78, 5) is 0. The van der Waals surface area contributed by atoms with Gasteiger partial charge >= 0.3 is 23.9 Å². The summed E-state index contributed by atoms with van der Waals surface area (Å²) in [5.41, 5.74) is -0.894. The fraction of sp³-hybridized carbons (Fsp3) is 0.733. The predicted molar refractivity (Wildman–Crippen MR) is 81.1 cm³/mol. The van der Waals surface area contributed by atoms with Crippen LogP contribution in [0.15, 0.2) is 24.3 Å². The molecular weight excluding hydrogens is 431 g/mol. The Hall–Kier alpha value is -1.24. The van der Waals surface area contributed by atoms with Crippen molar-refractivity contribution in [2.45, 2.75) is 61.8 Å². The number of rotatable bonds is 8. The van der Waals surface area contributed by atoms with Gasteiger partial charge in [0, 0.05) is 11.8 Å². The highest BCUT2D eigenvalue weighted by Crippen LogP contribution is 2.54. The minimum absolute atomic E-state index is 0.00445. The van der Waals surface area contributed by atoms with E-state index < -0.39 is 57.6 Å². The second-order valence-corrected chi connectivity index (χ2v) is 8.34. The molecule has 164 valence electrons. The average Bonchev–Trinajstić information content (AvgIpc) is 2.49. The minimum Gasteiger partial charge on any atom is -0.285 e. The number of unbranched alkanes of at least 4 members (excludes halogenated alkanes) is 1. The first-order chi connectivity index (χ1) is 12.3. The highest BCUT2D eigenvalue weighted by molar-refractivity contribution is 7.86. The predicted octanol–water partition coefficient (Wildman–Crippen LogP) is 5.40. The zero-order valence-electron chi connectivity index (χ0n) is 14.3. The van der Waals surface area contributed by atoms with Crippen molar-refractivity contribution in [3.63, 3.8) is 0 Å². The van der Waals surface area contributed by atoms with E-state index in [2.05, 4.69) is 0 Å². The Kier molecular flexibility index (Phi) is 6.68. The van der Waals surface area contributed by atoms with Crippen molar-refractivity contribution in [2.75, 3.05) is 0 Å². The lowest BCUT2D eigenvalue weighted by atomic mass is 9.81. The fourth-order valence-corrected chi connectivity index (χ4v) is 3.09. The van der Waals surface area contributed by atoms with E-state index in [-0.39, 0.29) is 12.8 Å². The van der Waals surface area contributed by atoms with Crippen LogP contribution in [0.25, 0.3) is 0 Å². The maximum Gasteiger partial charge on any atom is 0.460 e. The molecule has 0 spiro atoms. The molecule has 0 heterocycles. The fourth-order valence-electron chi connectivity index (χ4n) is 2.53. The lowest BCUT2D eigenvalue weighted by molar-refractivity contribution is -0.396. The van der Waals surface area contributed by atoms with Crippen LogP contribution in [-0.4, -0.2) is 42.2 Å². The number of hydrogen-bond donors (Lipinski definition) is 1. The summed E-state index contributed by atoms with van der Waals surface area (Å²) in [6, 6.07) is 0. The molecule has 0 fully saturated rings. The van der Waals surface area contributed by atoms with E-state index in [1.807, 2.05) is 0 Å². The van der Waals surface area contributed by atoms with Crippen LogP contribution in [0.5, 0.6) is 0 Å². The third-order valence-electron chi connectivity index (χ3n) is 4.34. The van der Waals surface area contributed by atoms with Gasteiger partial charge in [0.1, 0.15) is 5.25 Å². The molecule has 3 nitrogen and oxygen atoms in total. The highest BCUT2D eigenvalue weighted by Gasteiger charge is 2.81. The molecule has 0 bridgehead atoms. The van der Waals surface area contributed by atoms with Crippen LogP contribution in [0.3, 0.4) is 0 Å². The Labute approximate surface area is 155 Å². The van der Waals surface area contributed by atoms with Gasteiger partial charge in [-0.2, -0.15) is 47.9 Å². The third kappa shape index (κ3) is 5.02. The van der Waals surface area contributed by atoms with Crippen LogP contribution in [0.1, 0.15) is 32.6 Å². The Balaban J connectivity index is 2.70. The first kappa shape index (κ1) is 24.8. The molecule has 13 heteroatoms. The van der Waals surface area contributed by atoms with Crippen LogP contribution >= 0.6 is 0 Å². The molecule has 28 heavy (non-hydrogen) atoms. The third-order valence-corrected chi connectivity index (χ3v) is 5.35. The van der Waals surface area contributed by atoms with Gasteiger partial charge in [-0.25, -0.2) is 0 Å². The van der Waals surface area contributed by atoms with Gasteiger partial charge in [0.05, 0.1) is 0 Å². The largest absolute Gasteiger partial charge is 0.460 e. The molecule has 1 aliphatic rings. The molecule has 1 aliphatic carbocycles. The maximum atomic E-state index is 13.4. The Bertz CT molecular complexity index is 710. The monoisotopic (exact) mass is 448 g/mol. The standard InChI is InChI=1S/C15H17F9O3S/c1-11(8-4-10(5-9-11)28(25,26)27)6-2-3-7-12(16,17)13(18,19)14(20,21)15(22,23)24/h4-5,8-10H,2-3,6-7H2,1H3,(H,25,26,27). The molecule has 0 aromatic carbocycles. The Morgan fingerprint density at radius 2 is 1.36 bits per heavy atom. The van der Waals surface area contributed by atoms with Crippen molar-refractivity contribution in [2.24, 2.45) is 5.41 Å². The van der Waals surface area contributed by atoms with E-state index >= 15 is 0 Å². The quantitative estimate of drug-likeness (QED) is 0.234. The molecule has 0 aromatic heterocycles. The van der Waals surface area contributed by atoms with Gasteiger partial charge in [0.2, 0.25) is 0 Å². The summed E-state index contributed by atoms with van der Waals surface area (Å²) in [7, 11) is -4.38. The molecule has 1 N–H and O–H groups in total. The molecule has 0 atom stereocenters. The number of allylic oxidation sites excluding steroid dienone is 2. The summed E-state index contributed by atoms with van der Waals surface area (Å²) in [6.07, 6.45) is -4.89. The zero-order valence-corrected chi connectivity index (χ0v) is 15.1. The Morgan fingerprint density at radius 3 is 1.75 bits per heavy atom. The van der Waals surface area contributed by atoms with Crippen LogP contribution in [-0.2, 0) is 10.1 Å². The van der Waals surface area contributed by atoms with Crippen LogP contribution in [0.4, 0.5) is 39.5 Å². The first-order valence-electron chi connectivity index (χ1n) is 7.82. The molecule has 0 saturated carbocycles. The van der Waals surface area contributed by atoms with Gasteiger partial charge in [-0.15, -0.1) is 0 Å². The van der Waals surface area contributed by atoms with E-state index in [0.29, 0.717) is 0 Å². The average molecular weight is 448 g/mol. The minimum atomic E-state index is -6.89. The molecule has 0 amide bonds. The molecule has 0 unspecified atom stereocenters. The van der Waals surface area contributed by atoms with Crippen molar-refractivity contribution in [1.29, 1.82) is 0 Å². The van der Waals surface area contributed by atoms with Gasteiger partial charge in [-0.1, -0.05) is 37.6 Å². The molecule has 1 rings (SSSR count). The maximum absolute atomic E-state index is 13.4. The van der Waals surface area contributed by atoms with E-state index in [0.717, 1.165) is 12.2 Å². The number of hydrogen-bond acceptors (Lipinski definition) is 2. The van der Waals surface area contributed by atoms with Crippen LogP contribution < -0.4 is 0 Å². The second kappa shape index (κ2) is 7.54. The van der Waals surface area contributed by atoms with Crippen molar-refractivity contribution in [1.82, 2.24) is 0 Å². The van der Waals surface area contributed by atoms with Crippen molar-refractivity contribution >= 4 is 10.1 Å². The smallest absolute Gasteiger partial charge is 0.285 e. The Morgan fingerprint density at radius 1 is 0.893 bits per heavy atom. The molecule has 0 radical (unpaired) electrons. The topological polar surface area (TPSA) is 54.4 Å². The summed E-state index contributed by atoms with van der Waals surface area (Å²) in [5.74, 6) is -19.1. The first-order valence-corrected chi connectivity index (χ1v) is 9.32. The van der Waals surface area contributed by atoms with Gasteiger partial charge in [-0.3, -0.25) is 4.55 Å². The lowest BCUT2D eigenvalue weighted by Gasteiger charge is -2.34. The summed E-state index contributed by atoms with van der Waals surface area (Å²) in [5, 5.41) is -1.31. The molecular formula is C15H17F9O3S. The van der Waals surface area contributed by atoms with Gasteiger partial charge in [0.25, 0.3) is 10.1 Å². The van der Waals surface area contributed by atoms with Gasteiger partial charge in [0.15, 0.2) is 0 Å². The summed E-state index contributed by atoms with van der Waals surface area (Å²) >= 11 is 0.